The molecule has 0 radical (unpaired) electrons. The van der Waals surface area contributed by atoms with Crippen molar-refractivity contribution in [2.45, 2.75) is 19.9 Å². The van der Waals surface area contributed by atoms with Gasteiger partial charge in [-0.15, -0.1) is 0 Å². The van der Waals surface area contributed by atoms with Crippen molar-refractivity contribution in [2.24, 2.45) is 11.7 Å². The van der Waals surface area contributed by atoms with Crippen molar-refractivity contribution in [2.75, 3.05) is 0 Å². The average Bonchev–Trinajstić information content (AvgIpc) is 2.43. The van der Waals surface area contributed by atoms with E-state index in [1.165, 1.54) is 0 Å². The number of carbonyl (C=O) groups is 2. The van der Waals surface area contributed by atoms with Crippen molar-refractivity contribution >= 4 is 22.6 Å². The summed E-state index contributed by atoms with van der Waals surface area (Å²) in [6.45, 7) is 3.69. The summed E-state index contributed by atoms with van der Waals surface area (Å²) in [6, 6.07) is 12.6. The van der Waals surface area contributed by atoms with Gasteiger partial charge in [0, 0.05) is 5.56 Å². The maximum Gasteiger partial charge on any atom is 0.251 e. The SMILES string of the molecule is CC(C)[C@@H](NC(=O)c1ccc2ccccc2c1)C(N)=O. The van der Waals surface area contributed by atoms with E-state index in [4.69, 9.17) is 5.73 Å². The van der Waals surface area contributed by atoms with Crippen molar-refractivity contribution in [1.82, 2.24) is 5.32 Å². The first-order valence-electron chi connectivity index (χ1n) is 6.58. The molecular formula is C16H18N2O2. The standard InChI is InChI=1S/C16H18N2O2/c1-10(2)14(15(17)19)18-16(20)13-8-7-11-5-3-4-6-12(11)9-13/h3-10,14H,1-2H3,(H2,17,19)(H,18,20)/t14-/m1/s1. The summed E-state index contributed by atoms with van der Waals surface area (Å²) in [4.78, 5) is 23.5. The van der Waals surface area contributed by atoms with E-state index in [2.05, 4.69) is 5.32 Å². The van der Waals surface area contributed by atoms with Crippen LogP contribution in [-0.2, 0) is 4.79 Å². The predicted octanol–water partition coefficient (Wildman–Crippen LogP) is 2.08. The largest absolute Gasteiger partial charge is 0.368 e. The quantitative estimate of drug-likeness (QED) is 0.892. The van der Waals surface area contributed by atoms with E-state index in [9.17, 15) is 9.59 Å². The van der Waals surface area contributed by atoms with Crippen molar-refractivity contribution in [3.63, 3.8) is 0 Å². The Bertz CT molecular complexity index is 650. The van der Waals surface area contributed by atoms with Crippen LogP contribution >= 0.6 is 0 Å². The molecule has 0 spiro atoms. The van der Waals surface area contributed by atoms with Gasteiger partial charge in [-0.25, -0.2) is 0 Å². The fourth-order valence-electron chi connectivity index (χ4n) is 2.12. The molecule has 0 aliphatic carbocycles. The second-order valence-electron chi connectivity index (χ2n) is 5.16. The second-order valence-corrected chi connectivity index (χ2v) is 5.16. The van der Waals surface area contributed by atoms with Gasteiger partial charge in [0.05, 0.1) is 0 Å². The third kappa shape index (κ3) is 2.96. The van der Waals surface area contributed by atoms with Gasteiger partial charge in [-0.3, -0.25) is 9.59 Å². The number of fused-ring (bicyclic) bond motifs is 1. The maximum atomic E-state index is 12.2. The van der Waals surface area contributed by atoms with Gasteiger partial charge in [0.2, 0.25) is 5.91 Å². The zero-order valence-corrected chi connectivity index (χ0v) is 11.6. The highest BCUT2D eigenvalue weighted by Gasteiger charge is 2.22. The first-order chi connectivity index (χ1) is 9.49. The summed E-state index contributed by atoms with van der Waals surface area (Å²) in [5.41, 5.74) is 5.82. The van der Waals surface area contributed by atoms with Crippen LogP contribution < -0.4 is 11.1 Å². The Morgan fingerprint density at radius 1 is 1.05 bits per heavy atom. The molecule has 0 bridgehead atoms. The molecule has 0 heterocycles. The number of nitrogens with two attached hydrogens (primary N) is 1. The number of primary amides is 1. The molecule has 4 nitrogen and oxygen atoms in total. The molecule has 2 aromatic rings. The van der Waals surface area contributed by atoms with E-state index in [0.29, 0.717) is 5.56 Å². The monoisotopic (exact) mass is 270 g/mol. The molecule has 0 saturated carbocycles. The van der Waals surface area contributed by atoms with Gasteiger partial charge < -0.3 is 11.1 Å². The van der Waals surface area contributed by atoms with Crippen molar-refractivity contribution in [3.05, 3.63) is 48.0 Å². The van der Waals surface area contributed by atoms with E-state index in [1.807, 2.05) is 50.2 Å². The number of hydrogen-bond donors (Lipinski definition) is 2. The summed E-state index contributed by atoms with van der Waals surface area (Å²) < 4.78 is 0. The zero-order chi connectivity index (χ0) is 14.7. The molecule has 3 N–H and O–H groups in total. The Morgan fingerprint density at radius 2 is 1.70 bits per heavy atom. The van der Waals surface area contributed by atoms with Gasteiger partial charge in [0.1, 0.15) is 6.04 Å². The van der Waals surface area contributed by atoms with Gasteiger partial charge in [0.15, 0.2) is 0 Å². The molecular weight excluding hydrogens is 252 g/mol. The molecule has 0 fully saturated rings. The topological polar surface area (TPSA) is 72.2 Å². The van der Waals surface area contributed by atoms with E-state index in [1.54, 1.807) is 6.07 Å². The molecule has 0 saturated heterocycles. The van der Waals surface area contributed by atoms with Crippen LogP contribution in [0.5, 0.6) is 0 Å². The second kappa shape index (κ2) is 5.74. The lowest BCUT2D eigenvalue weighted by Gasteiger charge is -2.19. The van der Waals surface area contributed by atoms with Crippen LogP contribution in [0.4, 0.5) is 0 Å². The third-order valence-corrected chi connectivity index (χ3v) is 3.27. The lowest BCUT2D eigenvalue weighted by atomic mass is 10.0. The molecule has 2 amide bonds. The number of carbonyl (C=O) groups excluding carboxylic acids is 2. The fourth-order valence-corrected chi connectivity index (χ4v) is 2.12. The summed E-state index contributed by atoms with van der Waals surface area (Å²) in [7, 11) is 0. The minimum Gasteiger partial charge on any atom is -0.368 e. The van der Waals surface area contributed by atoms with Gasteiger partial charge >= 0.3 is 0 Å². The highest BCUT2D eigenvalue weighted by molar-refractivity contribution is 6.00. The Kier molecular flexibility index (Phi) is 4.03. The summed E-state index contributed by atoms with van der Waals surface area (Å²) >= 11 is 0. The fraction of sp³-hybridized carbons (Fsp3) is 0.250. The molecule has 2 aromatic carbocycles. The maximum absolute atomic E-state index is 12.2. The Labute approximate surface area is 118 Å². The molecule has 0 aliphatic heterocycles. The van der Waals surface area contributed by atoms with Gasteiger partial charge in [-0.05, 0) is 28.8 Å². The number of hydrogen-bond acceptors (Lipinski definition) is 2. The van der Waals surface area contributed by atoms with Crippen LogP contribution in [0, 0.1) is 5.92 Å². The Morgan fingerprint density at radius 3 is 2.30 bits per heavy atom. The molecule has 0 aromatic heterocycles. The van der Waals surface area contributed by atoms with E-state index >= 15 is 0 Å². The smallest absolute Gasteiger partial charge is 0.251 e. The molecule has 20 heavy (non-hydrogen) atoms. The molecule has 0 aliphatic rings. The van der Waals surface area contributed by atoms with E-state index < -0.39 is 11.9 Å². The first kappa shape index (κ1) is 14.1. The lowest BCUT2D eigenvalue weighted by Crippen LogP contribution is -2.47. The zero-order valence-electron chi connectivity index (χ0n) is 11.6. The summed E-state index contributed by atoms with van der Waals surface area (Å²) in [5.74, 6) is -0.848. The third-order valence-electron chi connectivity index (χ3n) is 3.27. The highest BCUT2D eigenvalue weighted by atomic mass is 16.2. The van der Waals surface area contributed by atoms with Gasteiger partial charge in [-0.2, -0.15) is 0 Å². The molecule has 104 valence electrons. The van der Waals surface area contributed by atoms with Crippen molar-refractivity contribution in [1.29, 1.82) is 0 Å². The van der Waals surface area contributed by atoms with Crippen LogP contribution in [0.3, 0.4) is 0 Å². The predicted molar refractivity (Wildman–Crippen MR) is 79.2 cm³/mol. The Hall–Kier alpha value is -2.36. The van der Waals surface area contributed by atoms with Crippen molar-refractivity contribution < 1.29 is 9.59 Å². The van der Waals surface area contributed by atoms with Gasteiger partial charge in [-0.1, -0.05) is 44.2 Å². The van der Waals surface area contributed by atoms with Gasteiger partial charge in [0.25, 0.3) is 5.91 Å². The van der Waals surface area contributed by atoms with Crippen LogP contribution in [0.25, 0.3) is 10.8 Å². The molecule has 0 unspecified atom stereocenters. The van der Waals surface area contributed by atoms with E-state index in [-0.39, 0.29) is 11.8 Å². The number of amides is 2. The van der Waals surface area contributed by atoms with Crippen LogP contribution in [0.1, 0.15) is 24.2 Å². The normalized spacial score (nSPS) is 12.3. The minimum atomic E-state index is -0.658. The number of rotatable bonds is 4. The number of benzene rings is 2. The molecule has 2 rings (SSSR count). The van der Waals surface area contributed by atoms with Crippen LogP contribution in [-0.4, -0.2) is 17.9 Å². The van der Waals surface area contributed by atoms with E-state index in [0.717, 1.165) is 10.8 Å². The summed E-state index contributed by atoms with van der Waals surface area (Å²) in [6.07, 6.45) is 0. The Balaban J connectivity index is 2.24. The summed E-state index contributed by atoms with van der Waals surface area (Å²) in [5, 5.41) is 4.74. The minimum absolute atomic E-state index is 0.0445. The molecule has 1 atom stereocenters. The lowest BCUT2D eigenvalue weighted by molar-refractivity contribution is -0.120. The molecule has 4 heteroatoms. The average molecular weight is 270 g/mol. The number of nitrogens with one attached hydrogen (secondary N) is 1. The van der Waals surface area contributed by atoms with Crippen LogP contribution in [0.2, 0.25) is 0 Å². The highest BCUT2D eigenvalue weighted by Crippen LogP contribution is 2.16. The first-order valence-corrected chi connectivity index (χ1v) is 6.58. The van der Waals surface area contributed by atoms with Crippen LogP contribution in [0.15, 0.2) is 42.5 Å². The van der Waals surface area contributed by atoms with Crippen molar-refractivity contribution in [3.8, 4) is 0 Å².